The molecule has 0 bridgehead atoms. The number of amides is 1. The van der Waals surface area contributed by atoms with Crippen molar-refractivity contribution in [1.29, 1.82) is 0 Å². The highest BCUT2D eigenvalue weighted by Crippen LogP contribution is 2.32. The van der Waals surface area contributed by atoms with Gasteiger partial charge in [0.25, 0.3) is 5.89 Å². The monoisotopic (exact) mass is 304 g/mol. The van der Waals surface area contributed by atoms with Crippen molar-refractivity contribution in [2.45, 2.75) is 39.3 Å². The van der Waals surface area contributed by atoms with Crippen molar-refractivity contribution in [3.05, 3.63) is 29.2 Å². The van der Waals surface area contributed by atoms with Crippen molar-refractivity contribution >= 4 is 5.91 Å². The standard InChI is InChI=1S/C14H20N6O2/c1-9-6-15-18-12(9)7-20-5-4-14(8-20,17-11(3)21)13-16-10(2)19-22-13/h6H,4-5,7-8H2,1-3H3,(H,15,18)(H,17,21). The molecule has 2 aromatic rings. The molecular formula is C14H20N6O2. The second-order valence-electron chi connectivity index (χ2n) is 5.90. The fraction of sp³-hybridized carbons (Fsp3) is 0.571. The van der Waals surface area contributed by atoms with Crippen molar-refractivity contribution in [2.75, 3.05) is 13.1 Å². The van der Waals surface area contributed by atoms with Gasteiger partial charge in [-0.1, -0.05) is 5.16 Å². The van der Waals surface area contributed by atoms with E-state index in [9.17, 15) is 4.79 Å². The third-order valence-corrected chi connectivity index (χ3v) is 4.02. The Balaban J connectivity index is 1.80. The molecule has 1 saturated heterocycles. The molecule has 2 N–H and O–H groups in total. The SMILES string of the molecule is CC(=O)NC1(c2nc(C)no2)CCN(Cc2[nH]ncc2C)C1. The van der Waals surface area contributed by atoms with Crippen LogP contribution in [0.15, 0.2) is 10.7 Å². The van der Waals surface area contributed by atoms with Crippen LogP contribution in [0, 0.1) is 13.8 Å². The summed E-state index contributed by atoms with van der Waals surface area (Å²) in [6, 6.07) is 0. The van der Waals surface area contributed by atoms with Crippen LogP contribution < -0.4 is 5.32 Å². The average Bonchev–Trinajstić information content (AvgIpc) is 3.13. The minimum absolute atomic E-state index is 0.101. The first-order valence-corrected chi connectivity index (χ1v) is 7.29. The van der Waals surface area contributed by atoms with E-state index < -0.39 is 5.54 Å². The maximum absolute atomic E-state index is 11.6. The number of H-pyrrole nitrogens is 1. The Kier molecular flexibility index (Phi) is 3.69. The van der Waals surface area contributed by atoms with Gasteiger partial charge in [-0.3, -0.25) is 14.8 Å². The highest BCUT2D eigenvalue weighted by Gasteiger charge is 2.45. The van der Waals surface area contributed by atoms with Gasteiger partial charge in [0.1, 0.15) is 5.54 Å². The summed E-state index contributed by atoms with van der Waals surface area (Å²) in [5, 5.41) is 13.9. The molecule has 118 valence electrons. The predicted molar refractivity (Wildman–Crippen MR) is 77.7 cm³/mol. The van der Waals surface area contributed by atoms with Crippen LogP contribution in [0.25, 0.3) is 0 Å². The third kappa shape index (κ3) is 2.74. The van der Waals surface area contributed by atoms with Crippen LogP contribution in [-0.2, 0) is 16.9 Å². The van der Waals surface area contributed by atoms with E-state index >= 15 is 0 Å². The van der Waals surface area contributed by atoms with Gasteiger partial charge >= 0.3 is 0 Å². The van der Waals surface area contributed by atoms with Crippen molar-refractivity contribution in [3.63, 3.8) is 0 Å². The molecule has 3 heterocycles. The summed E-state index contributed by atoms with van der Waals surface area (Å²) in [5.74, 6) is 0.946. The second-order valence-corrected chi connectivity index (χ2v) is 5.90. The first-order chi connectivity index (χ1) is 10.5. The zero-order valence-corrected chi connectivity index (χ0v) is 13.0. The summed E-state index contributed by atoms with van der Waals surface area (Å²) in [7, 11) is 0. The molecule has 1 unspecified atom stereocenters. The Bertz CT molecular complexity index is 678. The number of hydrogen-bond acceptors (Lipinski definition) is 6. The number of carbonyl (C=O) groups is 1. The van der Waals surface area contributed by atoms with Gasteiger partial charge in [-0.2, -0.15) is 10.1 Å². The fourth-order valence-electron chi connectivity index (χ4n) is 2.94. The first-order valence-electron chi connectivity index (χ1n) is 7.29. The summed E-state index contributed by atoms with van der Waals surface area (Å²) in [5.41, 5.74) is 1.60. The maximum atomic E-state index is 11.6. The average molecular weight is 304 g/mol. The number of aromatic amines is 1. The lowest BCUT2D eigenvalue weighted by molar-refractivity contribution is -0.121. The smallest absolute Gasteiger partial charge is 0.253 e. The van der Waals surface area contributed by atoms with Crippen molar-refractivity contribution < 1.29 is 9.32 Å². The van der Waals surface area contributed by atoms with Crippen LogP contribution in [0.1, 0.15) is 36.3 Å². The molecule has 1 fully saturated rings. The molecular weight excluding hydrogens is 284 g/mol. The quantitative estimate of drug-likeness (QED) is 0.860. The van der Waals surface area contributed by atoms with Crippen LogP contribution in [-0.4, -0.2) is 44.2 Å². The predicted octanol–water partition coefficient (Wildman–Crippen LogP) is 0.647. The van der Waals surface area contributed by atoms with Gasteiger partial charge in [-0.05, 0) is 25.8 Å². The van der Waals surface area contributed by atoms with Crippen LogP contribution in [0.4, 0.5) is 0 Å². The summed E-state index contributed by atoms with van der Waals surface area (Å²) < 4.78 is 5.34. The molecule has 1 atom stereocenters. The zero-order chi connectivity index (χ0) is 15.7. The molecule has 1 amide bonds. The Hall–Kier alpha value is -2.22. The molecule has 1 aliphatic rings. The second kappa shape index (κ2) is 5.53. The van der Waals surface area contributed by atoms with E-state index in [1.54, 1.807) is 6.92 Å². The minimum Gasteiger partial charge on any atom is -0.341 e. The molecule has 0 radical (unpaired) electrons. The molecule has 8 heteroatoms. The van der Waals surface area contributed by atoms with Gasteiger partial charge in [-0.15, -0.1) is 0 Å². The highest BCUT2D eigenvalue weighted by atomic mass is 16.5. The molecule has 2 aromatic heterocycles. The lowest BCUT2D eigenvalue weighted by Crippen LogP contribution is -2.47. The van der Waals surface area contributed by atoms with Gasteiger partial charge < -0.3 is 9.84 Å². The van der Waals surface area contributed by atoms with E-state index in [2.05, 4.69) is 30.6 Å². The number of nitrogens with zero attached hydrogens (tertiary/aromatic N) is 4. The normalized spacial score (nSPS) is 22.1. The Labute approximate surface area is 128 Å². The maximum Gasteiger partial charge on any atom is 0.253 e. The lowest BCUT2D eigenvalue weighted by atomic mass is 9.98. The number of aromatic nitrogens is 4. The Morgan fingerprint density at radius 3 is 2.95 bits per heavy atom. The van der Waals surface area contributed by atoms with Gasteiger partial charge in [0.15, 0.2) is 5.82 Å². The van der Waals surface area contributed by atoms with E-state index in [-0.39, 0.29) is 5.91 Å². The fourth-order valence-corrected chi connectivity index (χ4v) is 2.94. The van der Waals surface area contributed by atoms with E-state index in [1.165, 1.54) is 6.92 Å². The van der Waals surface area contributed by atoms with E-state index in [4.69, 9.17) is 4.52 Å². The summed E-state index contributed by atoms with van der Waals surface area (Å²) in [4.78, 5) is 18.2. The topological polar surface area (TPSA) is 99.9 Å². The molecule has 0 aromatic carbocycles. The molecule has 22 heavy (non-hydrogen) atoms. The van der Waals surface area contributed by atoms with Gasteiger partial charge in [0, 0.05) is 26.6 Å². The summed E-state index contributed by atoms with van der Waals surface area (Å²) in [6.45, 7) is 7.52. The number of rotatable bonds is 4. The van der Waals surface area contributed by atoms with Crippen molar-refractivity contribution in [2.24, 2.45) is 0 Å². The van der Waals surface area contributed by atoms with Crippen LogP contribution in [0.2, 0.25) is 0 Å². The van der Waals surface area contributed by atoms with Crippen LogP contribution in [0.3, 0.4) is 0 Å². The van der Waals surface area contributed by atoms with Crippen LogP contribution >= 0.6 is 0 Å². The molecule has 3 rings (SSSR count). The highest BCUT2D eigenvalue weighted by molar-refractivity contribution is 5.74. The summed E-state index contributed by atoms with van der Waals surface area (Å²) in [6.07, 6.45) is 2.55. The number of carbonyl (C=O) groups excluding carboxylic acids is 1. The third-order valence-electron chi connectivity index (χ3n) is 4.02. The molecule has 1 aliphatic heterocycles. The molecule has 0 spiro atoms. The van der Waals surface area contributed by atoms with E-state index in [0.717, 1.165) is 30.8 Å². The number of hydrogen-bond donors (Lipinski definition) is 2. The lowest BCUT2D eigenvalue weighted by Gasteiger charge is -2.26. The molecule has 0 aliphatic carbocycles. The summed E-state index contributed by atoms with van der Waals surface area (Å²) >= 11 is 0. The number of aryl methyl sites for hydroxylation is 2. The van der Waals surface area contributed by atoms with Gasteiger partial charge in [-0.25, -0.2) is 0 Å². The van der Waals surface area contributed by atoms with Crippen LogP contribution in [0.5, 0.6) is 0 Å². The number of nitrogens with one attached hydrogen (secondary N) is 2. The zero-order valence-electron chi connectivity index (χ0n) is 13.0. The first kappa shape index (κ1) is 14.7. The van der Waals surface area contributed by atoms with E-state index in [1.807, 2.05) is 13.1 Å². The Morgan fingerprint density at radius 1 is 1.55 bits per heavy atom. The molecule has 0 saturated carbocycles. The largest absolute Gasteiger partial charge is 0.341 e. The van der Waals surface area contributed by atoms with Gasteiger partial charge in [0.2, 0.25) is 5.91 Å². The Morgan fingerprint density at radius 2 is 2.36 bits per heavy atom. The van der Waals surface area contributed by atoms with E-state index in [0.29, 0.717) is 18.3 Å². The van der Waals surface area contributed by atoms with Gasteiger partial charge in [0.05, 0.1) is 11.9 Å². The minimum atomic E-state index is -0.610. The van der Waals surface area contributed by atoms with Crippen molar-refractivity contribution in [1.82, 2.24) is 30.6 Å². The number of likely N-dealkylation sites (tertiary alicyclic amines) is 1. The molecule has 8 nitrogen and oxygen atoms in total. The van der Waals surface area contributed by atoms with Crippen molar-refractivity contribution in [3.8, 4) is 0 Å².